The molecule has 1 aromatic heterocycles. The molecule has 2 aliphatic rings. The van der Waals surface area contributed by atoms with Crippen molar-refractivity contribution in [1.29, 1.82) is 0 Å². The SMILES string of the molecule is CC1CCCCCC([B]c2cbc(N3CCNS3(=O)=O)cc2)CCC1. The summed E-state index contributed by atoms with van der Waals surface area (Å²) >= 11 is 0. The Morgan fingerprint density at radius 3 is 2.60 bits per heavy atom. The van der Waals surface area contributed by atoms with E-state index in [1.165, 1.54) is 61.1 Å². The Kier molecular flexibility index (Phi) is 6.61. The Balaban J connectivity index is 1.60. The molecule has 2 fully saturated rings. The first-order valence-electron chi connectivity index (χ1n) is 9.77. The molecule has 1 saturated carbocycles. The van der Waals surface area contributed by atoms with E-state index in [4.69, 9.17) is 0 Å². The van der Waals surface area contributed by atoms with Gasteiger partial charge >= 0.3 is 154 Å². The van der Waals surface area contributed by atoms with Crippen LogP contribution in [0.4, 0.5) is 5.58 Å². The molecule has 1 aliphatic carbocycles. The van der Waals surface area contributed by atoms with Gasteiger partial charge in [-0.05, 0) is 0 Å². The van der Waals surface area contributed by atoms with Gasteiger partial charge in [0.2, 0.25) is 0 Å². The molecule has 0 amide bonds. The van der Waals surface area contributed by atoms with E-state index < -0.39 is 10.2 Å². The molecule has 7 heteroatoms. The molecule has 1 N–H and O–H groups in total. The summed E-state index contributed by atoms with van der Waals surface area (Å²) < 4.78 is 27.8. The van der Waals surface area contributed by atoms with Crippen LogP contribution in [0.1, 0.15) is 58.3 Å². The predicted octanol–water partition coefficient (Wildman–Crippen LogP) is 2.57. The van der Waals surface area contributed by atoms with Gasteiger partial charge in [0.1, 0.15) is 0 Å². The molecule has 4 nitrogen and oxygen atoms in total. The van der Waals surface area contributed by atoms with Crippen LogP contribution in [0.3, 0.4) is 0 Å². The molecule has 1 aromatic rings. The van der Waals surface area contributed by atoms with E-state index >= 15 is 0 Å². The van der Waals surface area contributed by atoms with E-state index in [1.54, 1.807) is 0 Å². The fourth-order valence-corrected chi connectivity index (χ4v) is 5.26. The van der Waals surface area contributed by atoms with Crippen molar-refractivity contribution >= 4 is 35.4 Å². The maximum atomic E-state index is 11.9. The van der Waals surface area contributed by atoms with Crippen molar-refractivity contribution in [1.82, 2.24) is 4.72 Å². The monoisotopic (exact) mass is 359 g/mol. The van der Waals surface area contributed by atoms with E-state index in [-0.39, 0.29) is 0 Å². The van der Waals surface area contributed by atoms with Crippen LogP contribution in [0.5, 0.6) is 0 Å². The van der Waals surface area contributed by atoms with Crippen molar-refractivity contribution in [3.63, 3.8) is 0 Å². The summed E-state index contributed by atoms with van der Waals surface area (Å²) in [6.45, 7) is 5.31. The third-order valence-electron chi connectivity index (χ3n) is 5.54. The van der Waals surface area contributed by atoms with Crippen molar-refractivity contribution < 1.29 is 8.42 Å². The Hall–Kier alpha value is -0.810. The van der Waals surface area contributed by atoms with Crippen LogP contribution in [0.2, 0.25) is 5.82 Å². The first-order chi connectivity index (χ1) is 12.0. The topological polar surface area (TPSA) is 49.4 Å². The van der Waals surface area contributed by atoms with Gasteiger partial charge in [-0.15, -0.1) is 0 Å². The molecule has 25 heavy (non-hydrogen) atoms. The first kappa shape index (κ1) is 19.0. The predicted molar refractivity (Wildman–Crippen MR) is 107 cm³/mol. The number of hydrogen-bond donors (Lipinski definition) is 1. The van der Waals surface area contributed by atoms with Crippen molar-refractivity contribution in [2.24, 2.45) is 5.92 Å². The van der Waals surface area contributed by atoms with Crippen LogP contribution in [0, 0.1) is 5.92 Å². The van der Waals surface area contributed by atoms with Gasteiger partial charge in [0.05, 0.1) is 0 Å². The zero-order chi connectivity index (χ0) is 17.7. The molecular weight excluding hydrogens is 330 g/mol. The summed E-state index contributed by atoms with van der Waals surface area (Å²) in [5.74, 6) is 3.58. The molecule has 1 aliphatic heterocycles. The third kappa shape index (κ3) is 5.33. The van der Waals surface area contributed by atoms with Crippen LogP contribution in [0.15, 0.2) is 18.1 Å². The maximum absolute atomic E-state index is 11.9. The van der Waals surface area contributed by atoms with Gasteiger partial charge in [0, 0.05) is 0 Å². The Labute approximate surface area is 154 Å². The summed E-state index contributed by atoms with van der Waals surface area (Å²) in [5.41, 5.74) is 1.96. The zero-order valence-electron chi connectivity index (χ0n) is 15.3. The molecule has 2 unspecified atom stereocenters. The summed E-state index contributed by atoms with van der Waals surface area (Å²) in [7, 11) is -0.933. The molecule has 0 spiro atoms. The molecule has 0 bridgehead atoms. The normalized spacial score (nSPS) is 27.6. The standard InChI is InChI=1S/C18H29B2N2O2S/c1-15-6-3-2-4-8-16(9-5-7-15)20-17-10-11-18(19-14-17)22-13-12-21-25(22,23)24/h10-11,14-16,21H,2-9,12-13H2,1H3. The zero-order valence-corrected chi connectivity index (χ0v) is 16.1. The number of rotatable bonds is 3. The number of hydrogen-bond acceptors (Lipinski definition) is 2. The minimum absolute atomic E-state index is 0.483. The first-order valence-corrected chi connectivity index (χ1v) is 11.2. The molecule has 3 rings (SSSR count). The summed E-state index contributed by atoms with van der Waals surface area (Å²) in [4.78, 5) is 0. The van der Waals surface area contributed by atoms with E-state index in [2.05, 4.69) is 31.0 Å². The van der Waals surface area contributed by atoms with Crippen molar-refractivity contribution in [2.45, 2.75) is 64.1 Å². The molecule has 1 radical (unpaired) electrons. The van der Waals surface area contributed by atoms with Crippen molar-refractivity contribution in [3.05, 3.63) is 18.1 Å². The van der Waals surface area contributed by atoms with Gasteiger partial charge in [0.15, 0.2) is 0 Å². The van der Waals surface area contributed by atoms with E-state index in [0.29, 0.717) is 18.9 Å². The number of anilines is 1. The Morgan fingerprint density at radius 1 is 1.12 bits per heavy atom. The van der Waals surface area contributed by atoms with Gasteiger partial charge in [-0.25, -0.2) is 0 Å². The van der Waals surface area contributed by atoms with Crippen molar-refractivity contribution in [3.8, 4) is 0 Å². The van der Waals surface area contributed by atoms with Crippen LogP contribution in [-0.2, 0) is 10.2 Å². The number of nitrogens with one attached hydrogen (secondary N) is 1. The minimum atomic E-state index is -3.33. The van der Waals surface area contributed by atoms with E-state index in [1.807, 2.05) is 13.0 Å². The van der Waals surface area contributed by atoms with Crippen LogP contribution in [0.25, 0.3) is 0 Å². The average molecular weight is 359 g/mol. The van der Waals surface area contributed by atoms with Gasteiger partial charge < -0.3 is 0 Å². The van der Waals surface area contributed by atoms with Crippen LogP contribution >= 0.6 is 0 Å². The molecule has 1 saturated heterocycles. The van der Waals surface area contributed by atoms with Crippen molar-refractivity contribution in [2.75, 3.05) is 17.4 Å². The van der Waals surface area contributed by atoms with Gasteiger partial charge in [0.25, 0.3) is 0 Å². The molecular formula is C18H29B2N2O2S. The van der Waals surface area contributed by atoms with Gasteiger partial charge in [-0.3, -0.25) is 0 Å². The van der Waals surface area contributed by atoms with E-state index in [0.717, 1.165) is 11.5 Å². The Morgan fingerprint density at radius 2 is 1.88 bits per heavy atom. The average Bonchev–Trinajstić information content (AvgIpc) is 2.94. The summed E-state index contributed by atoms with van der Waals surface area (Å²) in [6, 6.07) is 3.99. The van der Waals surface area contributed by atoms with Crippen LogP contribution < -0.4 is 14.5 Å². The second kappa shape index (κ2) is 8.72. The number of nitrogens with zero attached hydrogens (tertiary/aromatic N) is 1. The molecule has 0 aromatic carbocycles. The van der Waals surface area contributed by atoms with Gasteiger partial charge in [-0.2, -0.15) is 0 Å². The van der Waals surface area contributed by atoms with Gasteiger partial charge in [-0.1, -0.05) is 0 Å². The summed E-state index contributed by atoms with van der Waals surface area (Å²) in [5, 5.41) is 0. The summed E-state index contributed by atoms with van der Waals surface area (Å²) in [6.07, 6.45) is 10.7. The second-order valence-electron chi connectivity index (χ2n) is 7.66. The van der Waals surface area contributed by atoms with E-state index in [9.17, 15) is 8.42 Å². The molecule has 2 heterocycles. The Bertz CT molecular complexity index is 652. The third-order valence-corrected chi connectivity index (χ3v) is 7.08. The second-order valence-corrected chi connectivity index (χ2v) is 9.34. The quantitative estimate of drug-likeness (QED) is 0.844. The molecule has 135 valence electrons. The molecule has 2 atom stereocenters. The fraction of sp³-hybridized carbons (Fsp3) is 0.722. The van der Waals surface area contributed by atoms with Crippen LogP contribution in [-0.4, -0.2) is 35.7 Å². The fourth-order valence-electron chi connectivity index (χ4n) is 4.03.